The van der Waals surface area contributed by atoms with Crippen LogP contribution in [0.15, 0.2) is 65.6 Å². The van der Waals surface area contributed by atoms with Crippen LogP contribution >= 0.6 is 0 Å². The molecular formula is C17H19NO5S. The molecule has 7 heteroatoms. The van der Waals surface area contributed by atoms with E-state index in [0.717, 1.165) is 0 Å². The van der Waals surface area contributed by atoms with Crippen LogP contribution < -0.4 is 4.72 Å². The van der Waals surface area contributed by atoms with Crippen molar-refractivity contribution in [2.45, 2.75) is 24.0 Å². The third-order valence-electron chi connectivity index (χ3n) is 3.33. The van der Waals surface area contributed by atoms with Crippen LogP contribution in [0.2, 0.25) is 0 Å². The van der Waals surface area contributed by atoms with Crippen molar-refractivity contribution in [3.8, 4) is 0 Å². The molecule has 2 N–H and O–H groups in total. The molecule has 6 nitrogen and oxygen atoms in total. The lowest BCUT2D eigenvalue weighted by molar-refractivity contribution is -0.148. The van der Waals surface area contributed by atoms with Crippen LogP contribution in [0.4, 0.5) is 0 Å². The van der Waals surface area contributed by atoms with Gasteiger partial charge in [0.2, 0.25) is 10.0 Å². The number of hydrogen-bond donors (Lipinski definition) is 2. The number of esters is 1. The first-order valence-electron chi connectivity index (χ1n) is 7.42. The number of carbonyl (C=O) groups is 1. The van der Waals surface area contributed by atoms with Crippen LogP contribution in [0.1, 0.15) is 18.6 Å². The summed E-state index contributed by atoms with van der Waals surface area (Å²) in [6.07, 6.45) is -1.37. The molecule has 2 aromatic rings. The summed E-state index contributed by atoms with van der Waals surface area (Å²) in [6, 6.07) is 14.5. The number of rotatable bonds is 7. The van der Waals surface area contributed by atoms with Gasteiger partial charge in [0.1, 0.15) is 12.1 Å². The van der Waals surface area contributed by atoms with E-state index in [1.165, 1.54) is 12.1 Å². The predicted molar refractivity (Wildman–Crippen MR) is 88.6 cm³/mol. The molecular weight excluding hydrogens is 330 g/mol. The van der Waals surface area contributed by atoms with Crippen molar-refractivity contribution in [2.75, 3.05) is 6.61 Å². The Labute approximate surface area is 141 Å². The van der Waals surface area contributed by atoms with E-state index in [0.29, 0.717) is 5.56 Å². The van der Waals surface area contributed by atoms with Crippen LogP contribution in [0.3, 0.4) is 0 Å². The fraction of sp³-hybridized carbons (Fsp3) is 0.235. The molecule has 0 spiro atoms. The average molecular weight is 349 g/mol. The highest BCUT2D eigenvalue weighted by molar-refractivity contribution is 7.89. The number of hydrogen-bond acceptors (Lipinski definition) is 5. The number of carbonyl (C=O) groups excluding carboxylic acids is 1. The maximum Gasteiger partial charge on any atom is 0.327 e. The lowest BCUT2D eigenvalue weighted by Crippen LogP contribution is -2.45. The van der Waals surface area contributed by atoms with Crippen LogP contribution in [-0.2, 0) is 19.6 Å². The molecule has 0 fully saturated rings. The number of benzene rings is 2. The van der Waals surface area contributed by atoms with Crippen LogP contribution in [0.5, 0.6) is 0 Å². The summed E-state index contributed by atoms with van der Waals surface area (Å²) in [5, 5.41) is 10.5. The van der Waals surface area contributed by atoms with E-state index in [4.69, 9.17) is 4.74 Å². The Morgan fingerprint density at radius 3 is 2.17 bits per heavy atom. The van der Waals surface area contributed by atoms with E-state index in [1.807, 2.05) is 0 Å². The second-order valence-electron chi connectivity index (χ2n) is 5.02. The molecule has 2 atom stereocenters. The number of ether oxygens (including phenoxy) is 1. The molecule has 2 rings (SSSR count). The highest BCUT2D eigenvalue weighted by Gasteiger charge is 2.33. The monoisotopic (exact) mass is 349 g/mol. The standard InChI is InChI=1S/C17H19NO5S/c1-2-23-17(20)15(16(19)13-9-5-3-6-10-13)18-24(21,22)14-11-7-4-8-12-14/h3-12,15-16,18-19H,2H2,1H3/t15-,16+/m1/s1. The summed E-state index contributed by atoms with van der Waals surface area (Å²) in [4.78, 5) is 12.2. The van der Waals surface area contributed by atoms with E-state index in [9.17, 15) is 18.3 Å². The molecule has 128 valence electrons. The lowest BCUT2D eigenvalue weighted by Gasteiger charge is -2.22. The molecule has 0 aliphatic heterocycles. The molecule has 0 aliphatic carbocycles. The average Bonchev–Trinajstić information content (AvgIpc) is 2.61. The van der Waals surface area contributed by atoms with E-state index in [-0.39, 0.29) is 11.5 Å². The molecule has 0 aliphatic rings. The molecule has 0 radical (unpaired) electrons. The van der Waals surface area contributed by atoms with E-state index >= 15 is 0 Å². The molecule has 0 unspecified atom stereocenters. The first-order valence-corrected chi connectivity index (χ1v) is 8.91. The summed E-state index contributed by atoms with van der Waals surface area (Å²) in [5.41, 5.74) is 0.409. The summed E-state index contributed by atoms with van der Waals surface area (Å²) in [6.45, 7) is 1.68. The van der Waals surface area contributed by atoms with Crippen molar-refractivity contribution < 1.29 is 23.1 Å². The fourth-order valence-corrected chi connectivity index (χ4v) is 3.36. The maximum absolute atomic E-state index is 12.5. The molecule has 0 saturated heterocycles. The minimum atomic E-state index is -3.99. The SMILES string of the molecule is CCOC(=O)[C@H](NS(=O)(=O)c1ccccc1)[C@@H](O)c1ccccc1. The van der Waals surface area contributed by atoms with Crippen molar-refractivity contribution >= 4 is 16.0 Å². The van der Waals surface area contributed by atoms with Gasteiger partial charge >= 0.3 is 5.97 Å². The van der Waals surface area contributed by atoms with Gasteiger partial charge in [-0.05, 0) is 24.6 Å². The molecule has 0 heterocycles. The van der Waals surface area contributed by atoms with Gasteiger partial charge in [0.15, 0.2) is 0 Å². The molecule has 0 bridgehead atoms. The molecule has 0 saturated carbocycles. The Morgan fingerprint density at radius 1 is 1.08 bits per heavy atom. The van der Waals surface area contributed by atoms with Gasteiger partial charge in [0.25, 0.3) is 0 Å². The fourth-order valence-electron chi connectivity index (χ4n) is 2.15. The highest BCUT2D eigenvalue weighted by Crippen LogP contribution is 2.20. The Balaban J connectivity index is 2.32. The van der Waals surface area contributed by atoms with E-state index in [1.54, 1.807) is 55.5 Å². The zero-order chi connectivity index (χ0) is 17.6. The zero-order valence-corrected chi connectivity index (χ0v) is 13.9. The third kappa shape index (κ3) is 4.41. The largest absolute Gasteiger partial charge is 0.465 e. The van der Waals surface area contributed by atoms with Crippen molar-refractivity contribution in [3.05, 3.63) is 66.2 Å². The summed E-state index contributed by atoms with van der Waals surface area (Å²) >= 11 is 0. The number of nitrogens with one attached hydrogen (secondary N) is 1. The normalized spacial score (nSPS) is 13.9. The Hall–Kier alpha value is -2.22. The Kier molecular flexibility index (Phi) is 6.08. The Bertz CT molecular complexity index is 762. The van der Waals surface area contributed by atoms with Gasteiger partial charge in [-0.2, -0.15) is 4.72 Å². The minimum Gasteiger partial charge on any atom is -0.465 e. The molecule has 2 aromatic carbocycles. The van der Waals surface area contributed by atoms with Crippen molar-refractivity contribution in [1.82, 2.24) is 4.72 Å². The first kappa shape index (κ1) is 18.1. The maximum atomic E-state index is 12.5. The van der Waals surface area contributed by atoms with Gasteiger partial charge in [-0.25, -0.2) is 8.42 Å². The molecule has 0 amide bonds. The van der Waals surface area contributed by atoms with Crippen LogP contribution in [0.25, 0.3) is 0 Å². The van der Waals surface area contributed by atoms with Crippen molar-refractivity contribution in [3.63, 3.8) is 0 Å². The molecule has 0 aromatic heterocycles. The quantitative estimate of drug-likeness (QED) is 0.741. The summed E-state index contributed by atoms with van der Waals surface area (Å²) < 4.78 is 32.1. The second kappa shape index (κ2) is 8.05. The van der Waals surface area contributed by atoms with Gasteiger partial charge < -0.3 is 9.84 Å². The second-order valence-corrected chi connectivity index (χ2v) is 6.73. The van der Waals surface area contributed by atoms with Gasteiger partial charge in [-0.1, -0.05) is 48.5 Å². The van der Waals surface area contributed by atoms with Crippen LogP contribution in [-0.4, -0.2) is 32.1 Å². The van der Waals surface area contributed by atoms with Gasteiger partial charge in [0.05, 0.1) is 11.5 Å². The topological polar surface area (TPSA) is 92.7 Å². The first-order chi connectivity index (χ1) is 11.5. The van der Waals surface area contributed by atoms with Gasteiger partial charge in [-0.15, -0.1) is 0 Å². The van der Waals surface area contributed by atoms with Crippen molar-refractivity contribution in [2.24, 2.45) is 0 Å². The predicted octanol–water partition coefficient (Wildman–Crippen LogP) is 1.63. The van der Waals surface area contributed by atoms with Gasteiger partial charge in [-0.3, -0.25) is 4.79 Å². The van der Waals surface area contributed by atoms with E-state index < -0.39 is 28.1 Å². The molecule has 24 heavy (non-hydrogen) atoms. The van der Waals surface area contributed by atoms with Crippen LogP contribution in [0, 0.1) is 0 Å². The third-order valence-corrected chi connectivity index (χ3v) is 4.79. The lowest BCUT2D eigenvalue weighted by atomic mass is 10.0. The Morgan fingerprint density at radius 2 is 1.62 bits per heavy atom. The minimum absolute atomic E-state index is 0.000407. The van der Waals surface area contributed by atoms with E-state index in [2.05, 4.69) is 4.72 Å². The van der Waals surface area contributed by atoms with Gasteiger partial charge in [0, 0.05) is 0 Å². The zero-order valence-electron chi connectivity index (χ0n) is 13.1. The highest BCUT2D eigenvalue weighted by atomic mass is 32.2. The van der Waals surface area contributed by atoms with Crippen molar-refractivity contribution in [1.29, 1.82) is 0 Å². The smallest absolute Gasteiger partial charge is 0.327 e. The number of aliphatic hydroxyl groups excluding tert-OH is 1. The number of sulfonamides is 1. The number of aliphatic hydroxyl groups is 1. The summed E-state index contributed by atoms with van der Waals surface area (Å²) in [7, 11) is -3.99. The summed E-state index contributed by atoms with van der Waals surface area (Å²) in [5.74, 6) is -0.839.